The minimum absolute atomic E-state index is 0.00235. The SMILES string of the molecule is [3H]N1CCC2(CCCN([C@H](C(=O)OC(C)(C)C)C(C)C)C2=O)C1. The zero-order chi connectivity index (χ0) is 17.4. The van der Waals surface area contributed by atoms with Gasteiger partial charge in [-0.15, -0.1) is 0 Å². The Morgan fingerprint density at radius 3 is 2.59 bits per heavy atom. The maximum Gasteiger partial charge on any atom is 0.329 e. The number of hydrogen-bond donors (Lipinski definition) is 1. The van der Waals surface area contributed by atoms with E-state index in [0.29, 0.717) is 26.1 Å². The molecule has 1 spiro atoms. The van der Waals surface area contributed by atoms with E-state index in [1.807, 2.05) is 34.6 Å². The fourth-order valence-corrected chi connectivity index (χ4v) is 3.53. The Labute approximate surface area is 135 Å². The van der Waals surface area contributed by atoms with Gasteiger partial charge >= 0.3 is 5.97 Å². The van der Waals surface area contributed by atoms with Gasteiger partial charge in [-0.25, -0.2) is 4.79 Å². The molecule has 0 radical (unpaired) electrons. The number of ether oxygens (including phenoxy) is 1. The molecule has 0 aromatic heterocycles. The molecular formula is C17H30N2O3. The fraction of sp³-hybridized carbons (Fsp3) is 0.882. The van der Waals surface area contributed by atoms with E-state index < -0.39 is 17.1 Å². The minimum atomic E-state index is -0.563. The minimum Gasteiger partial charge on any atom is -0.458 e. The van der Waals surface area contributed by atoms with Gasteiger partial charge in [0.1, 0.15) is 13.1 Å². The summed E-state index contributed by atoms with van der Waals surface area (Å²) >= 11 is 0. The van der Waals surface area contributed by atoms with Gasteiger partial charge in [-0.05, 0) is 52.5 Å². The molecule has 2 saturated heterocycles. The zero-order valence-electron chi connectivity index (χ0n) is 15.5. The highest BCUT2D eigenvalue weighted by Crippen LogP contribution is 2.38. The molecule has 5 heteroatoms. The first-order valence-corrected chi connectivity index (χ1v) is 8.33. The number of carbonyl (C=O) groups is 2. The Bertz CT molecular complexity index is 471. The average Bonchev–Trinajstić information content (AvgIpc) is 2.75. The van der Waals surface area contributed by atoms with Crippen molar-refractivity contribution in [1.82, 2.24) is 10.2 Å². The number of carbonyl (C=O) groups excluding carboxylic acids is 2. The Morgan fingerprint density at radius 1 is 1.41 bits per heavy atom. The van der Waals surface area contributed by atoms with Crippen LogP contribution in [0.25, 0.3) is 0 Å². The monoisotopic (exact) mass is 312 g/mol. The van der Waals surface area contributed by atoms with Gasteiger partial charge in [0.05, 0.1) is 5.41 Å². The van der Waals surface area contributed by atoms with Crippen molar-refractivity contribution in [3.63, 3.8) is 0 Å². The van der Waals surface area contributed by atoms with Crippen molar-refractivity contribution in [2.75, 3.05) is 19.6 Å². The molecule has 5 nitrogen and oxygen atoms in total. The van der Waals surface area contributed by atoms with Gasteiger partial charge in [0.15, 0.2) is 0 Å². The first kappa shape index (κ1) is 15.8. The summed E-state index contributed by atoms with van der Waals surface area (Å²) in [6.45, 7) is 11.1. The molecule has 1 unspecified atom stereocenters. The van der Waals surface area contributed by atoms with Crippen molar-refractivity contribution in [2.45, 2.75) is 65.5 Å². The largest absolute Gasteiger partial charge is 0.458 e. The fourth-order valence-electron chi connectivity index (χ4n) is 3.53. The molecule has 2 rings (SSSR count). The topological polar surface area (TPSA) is 58.6 Å². The Hall–Kier alpha value is -1.10. The molecule has 0 aromatic rings. The van der Waals surface area contributed by atoms with E-state index in [1.54, 1.807) is 4.90 Å². The number of rotatable bonds is 3. The number of piperidine rings is 1. The third-order valence-corrected chi connectivity index (χ3v) is 4.55. The van der Waals surface area contributed by atoms with Crippen LogP contribution < -0.4 is 5.31 Å². The molecular weight excluding hydrogens is 280 g/mol. The van der Waals surface area contributed by atoms with Crippen LogP contribution in [0, 0.1) is 11.3 Å². The van der Waals surface area contributed by atoms with Gasteiger partial charge in [0.25, 0.3) is 0 Å². The lowest BCUT2D eigenvalue weighted by Crippen LogP contribution is -2.58. The van der Waals surface area contributed by atoms with E-state index in [0.717, 1.165) is 12.8 Å². The van der Waals surface area contributed by atoms with Crippen LogP contribution in [0.2, 0.25) is 1.41 Å². The molecule has 1 amide bonds. The quantitative estimate of drug-likeness (QED) is 0.809. The molecule has 2 aliphatic rings. The van der Waals surface area contributed by atoms with E-state index in [1.165, 1.54) is 5.31 Å². The average molecular weight is 312 g/mol. The Kier molecular flexibility index (Phi) is 4.44. The molecule has 0 saturated carbocycles. The highest BCUT2D eigenvalue weighted by molar-refractivity contribution is 5.89. The summed E-state index contributed by atoms with van der Waals surface area (Å²) in [6, 6.07) is -0.543. The summed E-state index contributed by atoms with van der Waals surface area (Å²) < 4.78 is 13.4. The third-order valence-electron chi connectivity index (χ3n) is 4.55. The molecule has 1 N–H and O–H groups in total. The van der Waals surface area contributed by atoms with Crippen molar-refractivity contribution in [3.05, 3.63) is 0 Å². The zero-order valence-corrected chi connectivity index (χ0v) is 14.5. The van der Waals surface area contributed by atoms with Crippen LogP contribution in [0.15, 0.2) is 0 Å². The second kappa shape index (κ2) is 6.19. The van der Waals surface area contributed by atoms with Crippen LogP contribution in [0.4, 0.5) is 0 Å². The Balaban J connectivity index is 2.22. The summed E-state index contributed by atoms with van der Waals surface area (Å²) in [5.41, 5.74) is -1.04. The van der Waals surface area contributed by atoms with Crippen LogP contribution in [-0.4, -0.2) is 48.1 Å². The van der Waals surface area contributed by atoms with E-state index in [2.05, 4.69) is 0 Å². The van der Waals surface area contributed by atoms with Crippen LogP contribution in [0.5, 0.6) is 0 Å². The first-order chi connectivity index (χ1) is 10.6. The standard InChI is InChI=1S/C17H30N2O3/c1-12(2)13(14(20)22-16(3,4)5)19-10-6-7-17(15(19)21)8-9-18-11-17/h12-13,18H,6-11H2,1-5H3/t13-,17?/m0/s1/i/hT. The van der Waals surface area contributed by atoms with Crippen molar-refractivity contribution in [3.8, 4) is 0 Å². The summed E-state index contributed by atoms with van der Waals surface area (Å²) in [4.78, 5) is 27.5. The van der Waals surface area contributed by atoms with Gasteiger partial charge in [-0.3, -0.25) is 4.79 Å². The second-order valence-corrected chi connectivity index (χ2v) is 7.96. The molecule has 2 aliphatic heterocycles. The molecule has 2 heterocycles. The number of nitrogens with one attached hydrogen (secondary N) is 1. The maximum absolute atomic E-state index is 13.1. The molecule has 22 heavy (non-hydrogen) atoms. The predicted molar refractivity (Wildman–Crippen MR) is 85.3 cm³/mol. The van der Waals surface area contributed by atoms with Gasteiger partial charge in [0.2, 0.25) is 5.91 Å². The van der Waals surface area contributed by atoms with Crippen LogP contribution in [0.3, 0.4) is 0 Å². The third kappa shape index (κ3) is 3.45. The molecule has 0 aliphatic carbocycles. The first-order valence-electron chi connectivity index (χ1n) is 8.78. The molecule has 0 bridgehead atoms. The lowest BCUT2D eigenvalue weighted by Gasteiger charge is -2.43. The summed E-state index contributed by atoms with van der Waals surface area (Å²) in [7, 11) is 0. The highest BCUT2D eigenvalue weighted by Gasteiger charge is 2.49. The summed E-state index contributed by atoms with van der Waals surface area (Å²) in [6.07, 6.45) is 2.41. The lowest BCUT2D eigenvalue weighted by atomic mass is 9.77. The van der Waals surface area contributed by atoms with E-state index in [9.17, 15) is 9.59 Å². The van der Waals surface area contributed by atoms with Gasteiger partial charge < -0.3 is 14.9 Å². The van der Waals surface area contributed by atoms with Crippen LogP contribution in [0.1, 0.15) is 53.9 Å². The number of likely N-dealkylation sites (tertiary alicyclic amines) is 1. The summed E-state index contributed by atoms with van der Waals surface area (Å²) in [5, 5.41) is 1.47. The lowest BCUT2D eigenvalue weighted by molar-refractivity contribution is -0.171. The van der Waals surface area contributed by atoms with Crippen LogP contribution in [-0.2, 0) is 14.3 Å². The summed E-state index contributed by atoms with van der Waals surface area (Å²) in [5.74, 6) is -0.292. The van der Waals surface area contributed by atoms with Crippen LogP contribution >= 0.6 is 0 Å². The number of nitrogens with zero attached hydrogens (tertiary/aromatic N) is 1. The predicted octanol–water partition coefficient (Wildman–Crippen LogP) is 1.95. The smallest absolute Gasteiger partial charge is 0.329 e. The maximum atomic E-state index is 13.1. The second-order valence-electron chi connectivity index (χ2n) is 7.96. The molecule has 2 fully saturated rings. The van der Waals surface area contributed by atoms with Crippen molar-refractivity contribution in [2.24, 2.45) is 11.3 Å². The van der Waals surface area contributed by atoms with Crippen molar-refractivity contribution < 1.29 is 15.7 Å². The Morgan fingerprint density at radius 2 is 2.09 bits per heavy atom. The van der Waals surface area contributed by atoms with E-state index >= 15 is 0 Å². The van der Waals surface area contributed by atoms with E-state index in [4.69, 9.17) is 6.15 Å². The normalized spacial score (nSPS) is 29.1. The molecule has 0 aromatic carbocycles. The molecule has 2 atom stereocenters. The molecule has 126 valence electrons. The van der Waals surface area contributed by atoms with Gasteiger partial charge in [0, 0.05) is 13.1 Å². The van der Waals surface area contributed by atoms with Crippen molar-refractivity contribution >= 4 is 11.9 Å². The van der Waals surface area contributed by atoms with Crippen molar-refractivity contribution in [1.29, 1.82) is 0 Å². The van der Waals surface area contributed by atoms with Gasteiger partial charge in [-0.1, -0.05) is 13.8 Å². The highest BCUT2D eigenvalue weighted by atomic mass is 16.6. The number of esters is 1. The van der Waals surface area contributed by atoms with E-state index in [-0.39, 0.29) is 17.8 Å². The van der Waals surface area contributed by atoms with Gasteiger partial charge in [-0.2, -0.15) is 0 Å². The number of amides is 1. The number of hydrogen-bond acceptors (Lipinski definition) is 4.